The molecule has 32 heavy (non-hydrogen) atoms. The summed E-state index contributed by atoms with van der Waals surface area (Å²) in [5.41, 5.74) is 2.55. The Morgan fingerprint density at radius 3 is 2.50 bits per heavy atom. The lowest BCUT2D eigenvalue weighted by molar-refractivity contribution is 0.0706. The number of methoxy groups -OCH3 is 1. The molecule has 0 bridgehead atoms. The van der Waals surface area contributed by atoms with Gasteiger partial charge in [0.25, 0.3) is 5.91 Å². The first-order chi connectivity index (χ1) is 15.5. The highest BCUT2D eigenvalue weighted by atomic mass is 16.5. The molecule has 4 rings (SSSR count). The van der Waals surface area contributed by atoms with E-state index in [-0.39, 0.29) is 17.1 Å². The molecule has 168 valence electrons. The monoisotopic (exact) mass is 434 g/mol. The maximum absolute atomic E-state index is 13.7. The topological polar surface area (TPSA) is 63.0 Å². The second kappa shape index (κ2) is 9.17. The Balaban J connectivity index is 1.91. The SMILES string of the molecule is CCc1ccc2oc3c(c(=O)c2c1)C(c1ccccc1OC)N(CCN(CC)CC)C3=O. The molecule has 2 aromatic carbocycles. The molecule has 3 aromatic rings. The molecule has 6 heteroatoms. The van der Waals surface area contributed by atoms with Crippen LogP contribution in [0.5, 0.6) is 5.75 Å². The van der Waals surface area contributed by atoms with Crippen LogP contribution in [0.15, 0.2) is 51.7 Å². The van der Waals surface area contributed by atoms with Crippen LogP contribution in [-0.4, -0.2) is 49.0 Å². The quantitative estimate of drug-likeness (QED) is 0.530. The molecule has 1 aliphatic heterocycles. The average molecular weight is 435 g/mol. The van der Waals surface area contributed by atoms with Gasteiger partial charge >= 0.3 is 0 Å². The van der Waals surface area contributed by atoms with Crippen LogP contribution in [0.3, 0.4) is 0 Å². The van der Waals surface area contributed by atoms with Crippen molar-refractivity contribution in [1.29, 1.82) is 0 Å². The number of carbonyl (C=O) groups excluding carboxylic acids is 1. The predicted molar refractivity (Wildman–Crippen MR) is 126 cm³/mol. The third kappa shape index (κ3) is 3.69. The summed E-state index contributed by atoms with van der Waals surface area (Å²) >= 11 is 0. The zero-order chi connectivity index (χ0) is 22.8. The van der Waals surface area contributed by atoms with Crippen molar-refractivity contribution >= 4 is 16.9 Å². The second-order valence-electron chi connectivity index (χ2n) is 8.03. The third-order valence-electron chi connectivity index (χ3n) is 6.42. The Morgan fingerprint density at radius 1 is 1.06 bits per heavy atom. The number of hydrogen-bond acceptors (Lipinski definition) is 5. The van der Waals surface area contributed by atoms with Gasteiger partial charge in [0.05, 0.1) is 24.1 Å². The highest BCUT2D eigenvalue weighted by Crippen LogP contribution is 2.41. The number of aryl methyl sites for hydroxylation is 1. The molecular weight excluding hydrogens is 404 g/mol. The van der Waals surface area contributed by atoms with Gasteiger partial charge in [-0.05, 0) is 43.3 Å². The lowest BCUT2D eigenvalue weighted by Crippen LogP contribution is -2.38. The van der Waals surface area contributed by atoms with Crippen molar-refractivity contribution in [2.45, 2.75) is 33.2 Å². The van der Waals surface area contributed by atoms with Gasteiger partial charge in [-0.25, -0.2) is 0 Å². The van der Waals surface area contributed by atoms with E-state index in [9.17, 15) is 9.59 Å². The molecule has 1 amide bonds. The Morgan fingerprint density at radius 2 is 1.81 bits per heavy atom. The van der Waals surface area contributed by atoms with Crippen LogP contribution in [0.4, 0.5) is 0 Å². The number of nitrogens with zero attached hydrogens (tertiary/aromatic N) is 2. The van der Waals surface area contributed by atoms with E-state index in [0.717, 1.165) is 30.6 Å². The summed E-state index contributed by atoms with van der Waals surface area (Å²) in [5, 5.41) is 0.515. The number of ether oxygens (including phenoxy) is 1. The Bertz CT molecular complexity index is 1200. The van der Waals surface area contributed by atoms with E-state index < -0.39 is 6.04 Å². The maximum Gasteiger partial charge on any atom is 0.290 e. The molecule has 1 aliphatic rings. The lowest BCUT2D eigenvalue weighted by Gasteiger charge is -2.28. The summed E-state index contributed by atoms with van der Waals surface area (Å²) in [7, 11) is 1.60. The zero-order valence-corrected chi connectivity index (χ0v) is 19.2. The normalized spacial score (nSPS) is 15.6. The van der Waals surface area contributed by atoms with Crippen molar-refractivity contribution in [1.82, 2.24) is 9.80 Å². The predicted octanol–water partition coefficient (Wildman–Crippen LogP) is 4.25. The number of fused-ring (bicyclic) bond motifs is 2. The summed E-state index contributed by atoms with van der Waals surface area (Å²) < 4.78 is 11.7. The van der Waals surface area contributed by atoms with Crippen LogP contribution in [-0.2, 0) is 6.42 Å². The smallest absolute Gasteiger partial charge is 0.290 e. The summed E-state index contributed by atoms with van der Waals surface area (Å²) in [6.45, 7) is 9.24. The second-order valence-corrected chi connectivity index (χ2v) is 8.03. The fourth-order valence-corrected chi connectivity index (χ4v) is 4.52. The molecule has 0 N–H and O–H groups in total. The van der Waals surface area contributed by atoms with Crippen molar-refractivity contribution < 1.29 is 13.9 Å². The lowest BCUT2D eigenvalue weighted by atomic mass is 9.97. The number of likely N-dealkylation sites (N-methyl/N-ethyl adjacent to an activating group) is 1. The van der Waals surface area contributed by atoms with Crippen molar-refractivity contribution in [3.05, 3.63) is 75.1 Å². The van der Waals surface area contributed by atoms with E-state index in [0.29, 0.717) is 35.4 Å². The van der Waals surface area contributed by atoms with Gasteiger partial charge in [0.15, 0.2) is 5.43 Å². The third-order valence-corrected chi connectivity index (χ3v) is 6.42. The summed E-state index contributed by atoms with van der Waals surface area (Å²) in [4.78, 5) is 31.3. The van der Waals surface area contributed by atoms with E-state index in [1.807, 2.05) is 43.3 Å². The van der Waals surface area contributed by atoms with Gasteiger partial charge in [-0.2, -0.15) is 0 Å². The molecule has 0 saturated heterocycles. The minimum Gasteiger partial charge on any atom is -0.496 e. The minimum absolute atomic E-state index is 0.141. The van der Waals surface area contributed by atoms with Crippen LogP contribution < -0.4 is 10.2 Å². The zero-order valence-electron chi connectivity index (χ0n) is 19.2. The summed E-state index contributed by atoms with van der Waals surface area (Å²) in [6, 6.07) is 12.6. The first-order valence-corrected chi connectivity index (χ1v) is 11.3. The van der Waals surface area contributed by atoms with Crippen LogP contribution in [0.25, 0.3) is 11.0 Å². The van der Waals surface area contributed by atoms with E-state index in [2.05, 4.69) is 18.7 Å². The van der Waals surface area contributed by atoms with Gasteiger partial charge in [0.2, 0.25) is 5.76 Å². The Kier molecular flexibility index (Phi) is 6.33. The van der Waals surface area contributed by atoms with E-state index in [1.54, 1.807) is 18.1 Å². The molecule has 0 spiro atoms. The highest BCUT2D eigenvalue weighted by Gasteiger charge is 2.43. The van der Waals surface area contributed by atoms with Crippen molar-refractivity contribution in [2.75, 3.05) is 33.3 Å². The van der Waals surface area contributed by atoms with Crippen molar-refractivity contribution in [3.8, 4) is 5.75 Å². The number of para-hydroxylation sites is 1. The van der Waals surface area contributed by atoms with Gasteiger partial charge in [-0.3, -0.25) is 9.59 Å². The summed E-state index contributed by atoms with van der Waals surface area (Å²) in [6.07, 6.45) is 0.817. The Labute approximate surface area is 188 Å². The number of carbonyl (C=O) groups is 1. The molecule has 0 aliphatic carbocycles. The van der Waals surface area contributed by atoms with Gasteiger partial charge in [-0.1, -0.05) is 45.0 Å². The first kappa shape index (κ1) is 22.1. The van der Waals surface area contributed by atoms with Crippen LogP contribution >= 0.6 is 0 Å². The highest BCUT2D eigenvalue weighted by molar-refractivity contribution is 5.99. The standard InChI is InChI=1S/C26H30N2O4/c1-5-17-12-13-21-19(16-17)24(29)22-23(18-10-8-9-11-20(18)31-4)28(26(30)25(22)32-21)15-14-27(6-2)7-3/h8-13,16,23H,5-7,14-15H2,1-4H3. The van der Waals surface area contributed by atoms with Crippen LogP contribution in [0, 0.1) is 0 Å². The van der Waals surface area contributed by atoms with Crippen LogP contribution in [0.2, 0.25) is 0 Å². The van der Waals surface area contributed by atoms with Gasteiger partial charge in [0.1, 0.15) is 11.3 Å². The van der Waals surface area contributed by atoms with Crippen LogP contribution in [0.1, 0.15) is 54.1 Å². The molecule has 1 aromatic heterocycles. The van der Waals surface area contributed by atoms with E-state index in [1.165, 1.54) is 0 Å². The first-order valence-electron chi connectivity index (χ1n) is 11.3. The van der Waals surface area contributed by atoms with Gasteiger partial charge in [0, 0.05) is 18.7 Å². The number of amides is 1. The molecule has 0 radical (unpaired) electrons. The molecule has 0 saturated carbocycles. The largest absolute Gasteiger partial charge is 0.496 e. The molecule has 2 heterocycles. The fourth-order valence-electron chi connectivity index (χ4n) is 4.52. The van der Waals surface area contributed by atoms with Gasteiger partial charge < -0.3 is 19.0 Å². The molecule has 1 atom stereocenters. The molecule has 0 fully saturated rings. The molecular formula is C26H30N2O4. The maximum atomic E-state index is 13.7. The number of rotatable bonds is 8. The molecule has 6 nitrogen and oxygen atoms in total. The minimum atomic E-state index is -0.546. The Hall–Kier alpha value is -3.12. The molecule has 1 unspecified atom stereocenters. The van der Waals surface area contributed by atoms with Gasteiger partial charge in [-0.15, -0.1) is 0 Å². The van der Waals surface area contributed by atoms with Crippen molar-refractivity contribution in [2.24, 2.45) is 0 Å². The summed E-state index contributed by atoms with van der Waals surface area (Å²) in [5.74, 6) is 0.539. The van der Waals surface area contributed by atoms with E-state index >= 15 is 0 Å². The average Bonchev–Trinajstić information content (AvgIpc) is 3.11. The van der Waals surface area contributed by atoms with E-state index in [4.69, 9.17) is 9.15 Å². The number of benzene rings is 2. The van der Waals surface area contributed by atoms with Crippen molar-refractivity contribution in [3.63, 3.8) is 0 Å². The number of hydrogen-bond donors (Lipinski definition) is 0. The fraction of sp³-hybridized carbons (Fsp3) is 0.385.